The quantitative estimate of drug-likeness (QED) is 0.556. The zero-order valence-corrected chi connectivity index (χ0v) is 10.3. The predicted octanol–water partition coefficient (Wildman–Crippen LogP) is 0.971. The Hall–Kier alpha value is 0.320. The van der Waals surface area contributed by atoms with Gasteiger partial charge in [-0.05, 0) is 6.42 Å². The van der Waals surface area contributed by atoms with Gasteiger partial charge in [0.2, 0.25) is 0 Å². The van der Waals surface area contributed by atoms with Crippen LogP contribution in [0.2, 0.25) is 0 Å². The maximum absolute atomic E-state index is 5.64. The lowest BCUT2D eigenvalue weighted by Gasteiger charge is -2.14. The summed E-state index contributed by atoms with van der Waals surface area (Å²) in [5, 5.41) is 0. The van der Waals surface area contributed by atoms with Gasteiger partial charge in [0.25, 0.3) is 0 Å². The van der Waals surface area contributed by atoms with Crippen molar-refractivity contribution in [3.05, 3.63) is 0 Å². The van der Waals surface area contributed by atoms with Gasteiger partial charge in [-0.3, -0.25) is 0 Å². The first-order chi connectivity index (χ1) is 7.36. The van der Waals surface area contributed by atoms with Crippen molar-refractivity contribution in [2.45, 2.75) is 23.5 Å². The second kappa shape index (κ2) is 6.15. The summed E-state index contributed by atoms with van der Waals surface area (Å²) >= 11 is 3.51. The van der Waals surface area contributed by atoms with Crippen LogP contribution in [0.15, 0.2) is 0 Å². The van der Waals surface area contributed by atoms with Gasteiger partial charge in [-0.2, -0.15) is 0 Å². The van der Waals surface area contributed by atoms with Crippen LogP contribution in [-0.4, -0.2) is 56.7 Å². The SMILES string of the molecule is BrC1COCC1OCCOC1CCOC1. The molecule has 0 N–H and O–H groups in total. The second-order valence-corrected chi connectivity index (χ2v) is 5.00. The lowest BCUT2D eigenvalue weighted by atomic mass is 10.3. The highest BCUT2D eigenvalue weighted by Gasteiger charge is 2.26. The smallest absolute Gasteiger partial charge is 0.0956 e. The normalized spacial score (nSPS) is 36.2. The fraction of sp³-hybridized carbons (Fsp3) is 1.00. The number of hydrogen-bond donors (Lipinski definition) is 0. The first-order valence-corrected chi connectivity index (χ1v) is 6.30. The molecule has 2 rings (SSSR count). The van der Waals surface area contributed by atoms with Crippen molar-refractivity contribution in [1.82, 2.24) is 0 Å². The fourth-order valence-electron chi connectivity index (χ4n) is 1.72. The van der Waals surface area contributed by atoms with Crippen LogP contribution in [-0.2, 0) is 18.9 Å². The molecule has 2 fully saturated rings. The summed E-state index contributed by atoms with van der Waals surface area (Å²) < 4.78 is 21.7. The highest BCUT2D eigenvalue weighted by Crippen LogP contribution is 2.17. The minimum atomic E-state index is 0.174. The molecule has 0 saturated carbocycles. The molecule has 2 heterocycles. The van der Waals surface area contributed by atoms with Crippen molar-refractivity contribution < 1.29 is 18.9 Å². The fourth-order valence-corrected chi connectivity index (χ4v) is 2.21. The third kappa shape index (κ3) is 3.67. The molecule has 5 heteroatoms. The summed E-state index contributed by atoms with van der Waals surface area (Å²) in [6, 6.07) is 0. The molecule has 0 aromatic heterocycles. The largest absolute Gasteiger partial charge is 0.379 e. The minimum absolute atomic E-state index is 0.174. The van der Waals surface area contributed by atoms with Crippen LogP contribution in [0.1, 0.15) is 6.42 Å². The van der Waals surface area contributed by atoms with Crippen LogP contribution in [0.3, 0.4) is 0 Å². The maximum atomic E-state index is 5.64. The lowest BCUT2D eigenvalue weighted by Crippen LogP contribution is -2.25. The van der Waals surface area contributed by atoms with E-state index in [-0.39, 0.29) is 12.2 Å². The standard InChI is InChI=1S/C10H17BrO4/c11-9-6-13-7-10(9)15-4-3-14-8-1-2-12-5-8/h8-10H,1-7H2. The highest BCUT2D eigenvalue weighted by molar-refractivity contribution is 9.09. The van der Waals surface area contributed by atoms with Gasteiger partial charge in [-0.1, -0.05) is 15.9 Å². The van der Waals surface area contributed by atoms with E-state index in [1.165, 1.54) is 0 Å². The number of alkyl halides is 1. The summed E-state index contributed by atoms with van der Waals surface area (Å²) in [4.78, 5) is 0.326. The molecule has 0 spiro atoms. The third-order valence-corrected chi connectivity index (χ3v) is 3.47. The highest BCUT2D eigenvalue weighted by atomic mass is 79.9. The molecule has 2 aliphatic heterocycles. The van der Waals surface area contributed by atoms with Crippen molar-refractivity contribution in [3.63, 3.8) is 0 Å². The molecule has 0 bridgehead atoms. The topological polar surface area (TPSA) is 36.9 Å². The van der Waals surface area contributed by atoms with Crippen molar-refractivity contribution in [2.75, 3.05) is 39.6 Å². The Labute approximate surface area is 98.3 Å². The first-order valence-electron chi connectivity index (χ1n) is 5.39. The van der Waals surface area contributed by atoms with E-state index in [4.69, 9.17) is 18.9 Å². The molecule has 3 atom stereocenters. The van der Waals surface area contributed by atoms with Crippen molar-refractivity contribution in [2.24, 2.45) is 0 Å². The summed E-state index contributed by atoms with van der Waals surface area (Å²) in [5.41, 5.74) is 0. The van der Waals surface area contributed by atoms with Crippen LogP contribution in [0.5, 0.6) is 0 Å². The van der Waals surface area contributed by atoms with E-state index in [2.05, 4.69) is 15.9 Å². The number of ether oxygens (including phenoxy) is 4. The minimum Gasteiger partial charge on any atom is -0.379 e. The van der Waals surface area contributed by atoms with Gasteiger partial charge in [0.05, 0.1) is 50.1 Å². The van der Waals surface area contributed by atoms with Gasteiger partial charge >= 0.3 is 0 Å². The van der Waals surface area contributed by atoms with Gasteiger partial charge in [-0.15, -0.1) is 0 Å². The van der Waals surface area contributed by atoms with E-state index in [9.17, 15) is 0 Å². The van der Waals surface area contributed by atoms with Gasteiger partial charge < -0.3 is 18.9 Å². The van der Waals surface area contributed by atoms with E-state index >= 15 is 0 Å². The summed E-state index contributed by atoms with van der Waals surface area (Å²) in [6.45, 7) is 4.25. The van der Waals surface area contributed by atoms with E-state index in [1.807, 2.05) is 0 Å². The molecule has 0 aliphatic carbocycles. The van der Waals surface area contributed by atoms with Gasteiger partial charge in [0.1, 0.15) is 0 Å². The van der Waals surface area contributed by atoms with E-state index < -0.39 is 0 Å². The molecule has 4 nitrogen and oxygen atoms in total. The molecule has 15 heavy (non-hydrogen) atoms. The lowest BCUT2D eigenvalue weighted by molar-refractivity contribution is -0.0239. The van der Waals surface area contributed by atoms with Gasteiger partial charge in [0, 0.05) is 6.61 Å². The Morgan fingerprint density at radius 1 is 1.07 bits per heavy atom. The van der Waals surface area contributed by atoms with Crippen LogP contribution in [0.4, 0.5) is 0 Å². The second-order valence-electron chi connectivity index (χ2n) is 3.82. The zero-order valence-electron chi connectivity index (χ0n) is 8.69. The van der Waals surface area contributed by atoms with E-state index in [0.29, 0.717) is 24.6 Å². The number of hydrogen-bond acceptors (Lipinski definition) is 4. The first kappa shape index (κ1) is 11.8. The van der Waals surface area contributed by atoms with E-state index in [1.54, 1.807) is 0 Å². The Morgan fingerprint density at radius 3 is 2.60 bits per heavy atom. The molecular formula is C10H17BrO4. The maximum Gasteiger partial charge on any atom is 0.0956 e. The van der Waals surface area contributed by atoms with E-state index in [0.717, 1.165) is 26.2 Å². The average Bonchev–Trinajstić information content (AvgIpc) is 2.85. The summed E-state index contributed by atoms with van der Waals surface area (Å²) in [6.07, 6.45) is 1.45. The Bertz CT molecular complexity index is 184. The molecule has 0 aromatic rings. The van der Waals surface area contributed by atoms with Gasteiger partial charge in [-0.25, -0.2) is 0 Å². The number of rotatable bonds is 5. The number of halogens is 1. The van der Waals surface area contributed by atoms with Crippen LogP contribution < -0.4 is 0 Å². The van der Waals surface area contributed by atoms with Crippen LogP contribution in [0.25, 0.3) is 0 Å². The average molecular weight is 281 g/mol. The monoisotopic (exact) mass is 280 g/mol. The van der Waals surface area contributed by atoms with Crippen LogP contribution in [0, 0.1) is 0 Å². The Kier molecular flexibility index (Phi) is 4.84. The Morgan fingerprint density at radius 2 is 1.93 bits per heavy atom. The zero-order chi connectivity index (χ0) is 10.5. The summed E-state index contributed by atoms with van der Waals surface area (Å²) in [7, 11) is 0. The van der Waals surface area contributed by atoms with Crippen molar-refractivity contribution in [3.8, 4) is 0 Å². The molecule has 0 radical (unpaired) electrons. The Balaban J connectivity index is 1.51. The molecule has 0 aromatic carbocycles. The molecule has 88 valence electrons. The third-order valence-electron chi connectivity index (χ3n) is 2.62. The molecule has 2 saturated heterocycles. The predicted molar refractivity (Wildman–Crippen MR) is 58.5 cm³/mol. The molecule has 3 unspecified atom stereocenters. The van der Waals surface area contributed by atoms with Crippen molar-refractivity contribution >= 4 is 15.9 Å². The molecule has 0 amide bonds. The van der Waals surface area contributed by atoms with Gasteiger partial charge in [0.15, 0.2) is 0 Å². The van der Waals surface area contributed by atoms with Crippen LogP contribution >= 0.6 is 15.9 Å². The summed E-state index contributed by atoms with van der Waals surface area (Å²) in [5.74, 6) is 0. The molecular weight excluding hydrogens is 264 g/mol. The molecule has 2 aliphatic rings. The van der Waals surface area contributed by atoms with Crippen molar-refractivity contribution in [1.29, 1.82) is 0 Å².